The number of nitrogens with zero attached hydrogens (tertiary/aromatic N) is 2. The van der Waals surface area contributed by atoms with Gasteiger partial charge in [-0.3, -0.25) is 0 Å². The third-order valence-corrected chi connectivity index (χ3v) is 2.75. The summed E-state index contributed by atoms with van der Waals surface area (Å²) in [6.45, 7) is 0. The molecule has 0 amide bonds. The Hall–Kier alpha value is -1.62. The van der Waals surface area contributed by atoms with Gasteiger partial charge in [-0.25, -0.2) is 9.97 Å². The van der Waals surface area contributed by atoms with Crippen LogP contribution in [-0.2, 0) is 5.33 Å². The maximum absolute atomic E-state index is 5.48. The lowest BCUT2D eigenvalue weighted by molar-refractivity contribution is 0.410. The van der Waals surface area contributed by atoms with Crippen LogP contribution in [-0.4, -0.2) is 17.1 Å². The van der Waals surface area contributed by atoms with E-state index in [2.05, 4.69) is 25.9 Å². The Bertz CT molecular complexity index is 425. The van der Waals surface area contributed by atoms with Crippen LogP contribution in [0.25, 0.3) is 0 Å². The largest absolute Gasteiger partial charge is 0.497 e. The van der Waals surface area contributed by atoms with Gasteiger partial charge in [-0.15, -0.1) is 0 Å². The topological polar surface area (TPSA) is 44.2 Å². The smallest absolute Gasteiger partial charge is 0.321 e. The van der Waals surface area contributed by atoms with Gasteiger partial charge in [0.05, 0.1) is 7.11 Å². The number of halogens is 1. The molecule has 0 saturated heterocycles. The van der Waals surface area contributed by atoms with Crippen molar-refractivity contribution in [3.05, 3.63) is 42.2 Å². The van der Waals surface area contributed by atoms with Crippen molar-refractivity contribution in [2.24, 2.45) is 0 Å². The van der Waals surface area contributed by atoms with Gasteiger partial charge in [0, 0.05) is 17.7 Å². The quantitative estimate of drug-likeness (QED) is 0.813. The monoisotopic (exact) mass is 294 g/mol. The second-order valence-electron chi connectivity index (χ2n) is 3.29. The summed E-state index contributed by atoms with van der Waals surface area (Å²) in [5.74, 6) is 1.46. The molecule has 0 unspecified atom stereocenters. The number of alkyl halides is 1. The minimum atomic E-state index is 0.333. The molecule has 1 aromatic carbocycles. The van der Waals surface area contributed by atoms with Crippen molar-refractivity contribution in [2.75, 3.05) is 7.11 Å². The Labute approximate surface area is 108 Å². The molecular formula is C12H11BrN2O2. The van der Waals surface area contributed by atoms with Crippen LogP contribution in [0.2, 0.25) is 0 Å². The highest BCUT2D eigenvalue weighted by Crippen LogP contribution is 2.21. The molecule has 2 aromatic rings. The van der Waals surface area contributed by atoms with Gasteiger partial charge in [-0.2, -0.15) is 0 Å². The minimum absolute atomic E-state index is 0.333. The van der Waals surface area contributed by atoms with Gasteiger partial charge in [-0.05, 0) is 29.8 Å². The fourth-order valence-electron chi connectivity index (χ4n) is 1.21. The van der Waals surface area contributed by atoms with Crippen molar-refractivity contribution in [1.29, 1.82) is 0 Å². The van der Waals surface area contributed by atoms with Crippen LogP contribution >= 0.6 is 15.9 Å². The lowest BCUT2D eigenvalue weighted by Crippen LogP contribution is -1.92. The molecule has 0 N–H and O–H groups in total. The fourth-order valence-corrected chi connectivity index (χ4v) is 1.50. The van der Waals surface area contributed by atoms with Crippen LogP contribution in [0.1, 0.15) is 5.56 Å². The predicted octanol–water partition coefficient (Wildman–Crippen LogP) is 3.17. The van der Waals surface area contributed by atoms with Gasteiger partial charge in [0.1, 0.15) is 11.5 Å². The van der Waals surface area contributed by atoms with E-state index in [9.17, 15) is 0 Å². The molecular weight excluding hydrogens is 284 g/mol. The lowest BCUT2D eigenvalue weighted by atomic mass is 10.3. The van der Waals surface area contributed by atoms with Crippen LogP contribution in [0.4, 0.5) is 0 Å². The van der Waals surface area contributed by atoms with Gasteiger partial charge in [0.2, 0.25) is 0 Å². The van der Waals surface area contributed by atoms with E-state index in [4.69, 9.17) is 9.47 Å². The van der Waals surface area contributed by atoms with Crippen molar-refractivity contribution < 1.29 is 9.47 Å². The number of ether oxygens (including phenoxy) is 2. The van der Waals surface area contributed by atoms with Crippen molar-refractivity contribution in [1.82, 2.24) is 9.97 Å². The van der Waals surface area contributed by atoms with Crippen molar-refractivity contribution in [3.63, 3.8) is 0 Å². The number of hydrogen-bond acceptors (Lipinski definition) is 4. The molecule has 4 nitrogen and oxygen atoms in total. The number of methoxy groups -OCH3 is 1. The highest BCUT2D eigenvalue weighted by Gasteiger charge is 2.00. The zero-order valence-electron chi connectivity index (χ0n) is 9.26. The summed E-state index contributed by atoms with van der Waals surface area (Å²) in [6, 6.07) is 7.59. The summed E-state index contributed by atoms with van der Waals surface area (Å²) < 4.78 is 10.5. The minimum Gasteiger partial charge on any atom is -0.497 e. The molecule has 1 heterocycles. The third kappa shape index (κ3) is 3.17. The first-order valence-electron chi connectivity index (χ1n) is 5.00. The van der Waals surface area contributed by atoms with Crippen LogP contribution in [0.5, 0.6) is 17.5 Å². The molecule has 17 heavy (non-hydrogen) atoms. The molecule has 0 aliphatic heterocycles. The molecule has 0 saturated carbocycles. The van der Waals surface area contributed by atoms with Gasteiger partial charge >= 0.3 is 6.01 Å². The van der Waals surface area contributed by atoms with Crippen molar-refractivity contribution in [2.45, 2.75) is 5.33 Å². The van der Waals surface area contributed by atoms with Crippen molar-refractivity contribution >= 4 is 15.9 Å². The summed E-state index contributed by atoms with van der Waals surface area (Å²) in [6.07, 6.45) is 3.45. The summed E-state index contributed by atoms with van der Waals surface area (Å²) in [5, 5.41) is 0.732. The second-order valence-corrected chi connectivity index (χ2v) is 3.85. The lowest BCUT2D eigenvalue weighted by Gasteiger charge is -2.04. The molecule has 0 aliphatic rings. The Morgan fingerprint density at radius 3 is 2.18 bits per heavy atom. The Morgan fingerprint density at radius 2 is 1.65 bits per heavy atom. The Kier molecular flexibility index (Phi) is 3.93. The van der Waals surface area contributed by atoms with Crippen LogP contribution in [0.15, 0.2) is 36.7 Å². The van der Waals surface area contributed by atoms with Crippen LogP contribution in [0, 0.1) is 0 Å². The maximum Gasteiger partial charge on any atom is 0.321 e. The normalized spacial score (nSPS) is 10.0. The van der Waals surface area contributed by atoms with E-state index in [1.807, 2.05) is 12.1 Å². The molecule has 0 aliphatic carbocycles. The first-order chi connectivity index (χ1) is 8.31. The van der Waals surface area contributed by atoms with E-state index >= 15 is 0 Å². The molecule has 0 spiro atoms. The first kappa shape index (κ1) is 11.9. The molecule has 0 atom stereocenters. The molecule has 1 aromatic heterocycles. The van der Waals surface area contributed by atoms with Gasteiger partial charge in [-0.1, -0.05) is 15.9 Å². The highest BCUT2D eigenvalue weighted by atomic mass is 79.9. The van der Waals surface area contributed by atoms with Crippen molar-refractivity contribution in [3.8, 4) is 17.5 Å². The maximum atomic E-state index is 5.48. The zero-order chi connectivity index (χ0) is 12.1. The van der Waals surface area contributed by atoms with E-state index in [0.717, 1.165) is 16.6 Å². The van der Waals surface area contributed by atoms with E-state index in [0.29, 0.717) is 11.8 Å². The molecule has 5 heteroatoms. The molecule has 2 rings (SSSR count). The highest BCUT2D eigenvalue weighted by molar-refractivity contribution is 9.08. The first-order valence-corrected chi connectivity index (χ1v) is 6.13. The molecule has 88 valence electrons. The number of rotatable bonds is 4. The average Bonchev–Trinajstić information content (AvgIpc) is 2.40. The van der Waals surface area contributed by atoms with Crippen LogP contribution in [0.3, 0.4) is 0 Å². The van der Waals surface area contributed by atoms with E-state index in [-0.39, 0.29) is 0 Å². The molecule has 0 radical (unpaired) electrons. The summed E-state index contributed by atoms with van der Waals surface area (Å²) in [5.41, 5.74) is 1.01. The average molecular weight is 295 g/mol. The zero-order valence-corrected chi connectivity index (χ0v) is 10.8. The molecule has 0 bridgehead atoms. The van der Waals surface area contributed by atoms with Gasteiger partial charge in [0.25, 0.3) is 0 Å². The second kappa shape index (κ2) is 5.63. The number of benzene rings is 1. The van der Waals surface area contributed by atoms with E-state index < -0.39 is 0 Å². The predicted molar refractivity (Wildman–Crippen MR) is 67.7 cm³/mol. The Morgan fingerprint density at radius 1 is 1.06 bits per heavy atom. The fraction of sp³-hybridized carbons (Fsp3) is 0.167. The number of hydrogen-bond donors (Lipinski definition) is 0. The molecule has 0 fully saturated rings. The summed E-state index contributed by atoms with van der Waals surface area (Å²) in [7, 11) is 1.62. The number of aromatic nitrogens is 2. The summed E-state index contributed by atoms with van der Waals surface area (Å²) in [4.78, 5) is 8.19. The van der Waals surface area contributed by atoms with Gasteiger partial charge < -0.3 is 9.47 Å². The van der Waals surface area contributed by atoms with E-state index in [1.165, 1.54) is 0 Å². The Balaban J connectivity index is 2.08. The SMILES string of the molecule is COc1ccc(Oc2ncc(CBr)cn2)cc1. The van der Waals surface area contributed by atoms with E-state index in [1.54, 1.807) is 31.6 Å². The standard InChI is InChI=1S/C12H11BrN2O2/c1-16-10-2-4-11(5-3-10)17-12-14-7-9(6-13)8-15-12/h2-5,7-8H,6H2,1H3. The summed E-state index contributed by atoms with van der Waals surface area (Å²) >= 11 is 3.33. The third-order valence-electron chi connectivity index (χ3n) is 2.10. The van der Waals surface area contributed by atoms with Gasteiger partial charge in [0.15, 0.2) is 0 Å². The van der Waals surface area contributed by atoms with Crippen LogP contribution < -0.4 is 9.47 Å².